The van der Waals surface area contributed by atoms with E-state index in [9.17, 15) is 0 Å². The molecular formula is C22H28N2O3. The first-order valence-corrected chi connectivity index (χ1v) is 9.55. The maximum atomic E-state index is 5.74. The molecule has 2 unspecified atom stereocenters. The van der Waals surface area contributed by atoms with E-state index in [0.717, 1.165) is 36.9 Å². The Balaban J connectivity index is 1.49. The number of benzene rings is 2. The zero-order valence-electron chi connectivity index (χ0n) is 16.4. The van der Waals surface area contributed by atoms with Gasteiger partial charge in [-0.2, -0.15) is 0 Å². The van der Waals surface area contributed by atoms with Gasteiger partial charge in [-0.25, -0.2) is 0 Å². The van der Waals surface area contributed by atoms with Gasteiger partial charge in [0.2, 0.25) is 0 Å². The molecule has 5 heteroatoms. The number of hydrogen-bond acceptors (Lipinski definition) is 5. The van der Waals surface area contributed by atoms with Crippen molar-refractivity contribution in [2.45, 2.75) is 18.5 Å². The lowest BCUT2D eigenvalue weighted by atomic mass is 9.93. The second-order valence-corrected chi connectivity index (χ2v) is 7.58. The van der Waals surface area contributed by atoms with Crippen molar-refractivity contribution >= 4 is 0 Å². The van der Waals surface area contributed by atoms with Gasteiger partial charge in [0.05, 0.1) is 7.11 Å². The number of hydrogen-bond donors (Lipinski definition) is 0. The molecule has 2 atom stereocenters. The summed E-state index contributed by atoms with van der Waals surface area (Å²) in [4.78, 5) is 4.88. The summed E-state index contributed by atoms with van der Waals surface area (Å²) in [5.41, 5.74) is 2.64. The summed E-state index contributed by atoms with van der Waals surface area (Å²) in [5, 5.41) is 0. The lowest BCUT2D eigenvalue weighted by Gasteiger charge is -2.25. The first-order valence-electron chi connectivity index (χ1n) is 9.55. The normalized spacial score (nSPS) is 22.2. The summed E-state index contributed by atoms with van der Waals surface area (Å²) < 4.78 is 16.7. The smallest absolute Gasteiger partial charge is 0.161 e. The molecular weight excluding hydrogens is 340 g/mol. The van der Waals surface area contributed by atoms with Gasteiger partial charge < -0.3 is 19.1 Å². The molecule has 0 N–H and O–H groups in total. The third-order valence-corrected chi connectivity index (χ3v) is 5.58. The fraction of sp³-hybridized carbons (Fsp3) is 0.455. The molecule has 2 aliphatic heterocycles. The van der Waals surface area contributed by atoms with Crippen molar-refractivity contribution in [2.24, 2.45) is 0 Å². The number of rotatable bonds is 5. The highest BCUT2D eigenvalue weighted by Crippen LogP contribution is 2.34. The summed E-state index contributed by atoms with van der Waals surface area (Å²) in [6, 6.07) is 15.3. The molecule has 5 nitrogen and oxygen atoms in total. The Morgan fingerprint density at radius 1 is 1.00 bits per heavy atom. The van der Waals surface area contributed by atoms with Crippen molar-refractivity contribution in [1.82, 2.24) is 9.80 Å². The first-order chi connectivity index (χ1) is 13.1. The number of likely N-dealkylation sites (N-methyl/N-ethyl adjacent to an activating group) is 1. The van der Waals surface area contributed by atoms with Crippen LogP contribution in [0.1, 0.15) is 17.0 Å². The van der Waals surface area contributed by atoms with Gasteiger partial charge in [-0.15, -0.1) is 0 Å². The Morgan fingerprint density at radius 2 is 1.74 bits per heavy atom. The van der Waals surface area contributed by atoms with Crippen LogP contribution in [0.5, 0.6) is 17.2 Å². The molecule has 2 heterocycles. The number of methoxy groups -OCH3 is 1. The average molecular weight is 368 g/mol. The Hall–Kier alpha value is -2.24. The number of ether oxygens (including phenoxy) is 3. The Bertz CT molecular complexity index is 776. The van der Waals surface area contributed by atoms with Crippen LogP contribution in [-0.2, 0) is 6.54 Å². The van der Waals surface area contributed by atoms with Crippen molar-refractivity contribution in [3.63, 3.8) is 0 Å². The van der Waals surface area contributed by atoms with Crippen LogP contribution in [0.25, 0.3) is 0 Å². The third-order valence-electron chi connectivity index (χ3n) is 5.58. The van der Waals surface area contributed by atoms with Crippen LogP contribution >= 0.6 is 0 Å². The Morgan fingerprint density at radius 3 is 2.44 bits per heavy atom. The van der Waals surface area contributed by atoms with E-state index in [1.54, 1.807) is 7.11 Å². The predicted molar refractivity (Wildman–Crippen MR) is 106 cm³/mol. The van der Waals surface area contributed by atoms with Gasteiger partial charge in [0.1, 0.15) is 19.0 Å². The zero-order valence-corrected chi connectivity index (χ0v) is 16.4. The van der Waals surface area contributed by atoms with Gasteiger partial charge in [0.15, 0.2) is 11.5 Å². The fourth-order valence-corrected chi connectivity index (χ4v) is 4.14. The van der Waals surface area contributed by atoms with E-state index in [2.05, 4.69) is 60.3 Å². The molecule has 2 aromatic carbocycles. The van der Waals surface area contributed by atoms with Crippen LogP contribution in [0.2, 0.25) is 0 Å². The first kappa shape index (κ1) is 18.1. The largest absolute Gasteiger partial charge is 0.497 e. The van der Waals surface area contributed by atoms with Gasteiger partial charge in [0, 0.05) is 31.6 Å². The minimum absolute atomic E-state index is 0.489. The van der Waals surface area contributed by atoms with Gasteiger partial charge in [-0.1, -0.05) is 18.2 Å². The maximum absolute atomic E-state index is 5.74. The standard InChI is InChI=1S/C22H28N2O3/c1-23(2)20-15-24(14-19(20)17-5-7-18(25-3)8-6-17)13-16-4-9-21-22(12-16)27-11-10-26-21/h4-9,12,19-20H,10-11,13-15H2,1-3H3. The Labute approximate surface area is 161 Å². The molecule has 0 radical (unpaired) electrons. The molecule has 2 aromatic rings. The van der Waals surface area contributed by atoms with Crippen molar-refractivity contribution in [2.75, 3.05) is 47.5 Å². The third kappa shape index (κ3) is 3.89. The topological polar surface area (TPSA) is 34.2 Å². The number of nitrogens with zero attached hydrogens (tertiary/aromatic N) is 2. The van der Waals surface area contributed by atoms with Crippen molar-refractivity contribution in [1.29, 1.82) is 0 Å². The Kier molecular flexibility index (Phi) is 5.23. The van der Waals surface area contributed by atoms with Crippen LogP contribution in [0.3, 0.4) is 0 Å². The van der Waals surface area contributed by atoms with E-state index in [1.165, 1.54) is 11.1 Å². The number of fused-ring (bicyclic) bond motifs is 1. The van der Waals surface area contributed by atoms with Crippen LogP contribution in [0.4, 0.5) is 0 Å². The van der Waals surface area contributed by atoms with E-state index in [0.29, 0.717) is 25.2 Å². The molecule has 1 fully saturated rings. The molecule has 4 rings (SSSR count). The second-order valence-electron chi connectivity index (χ2n) is 7.58. The van der Waals surface area contributed by atoms with Crippen molar-refractivity contribution in [3.05, 3.63) is 53.6 Å². The SMILES string of the molecule is COc1ccc(C2CN(Cc3ccc4c(c3)OCCO4)CC2N(C)C)cc1. The van der Waals surface area contributed by atoms with Crippen molar-refractivity contribution in [3.8, 4) is 17.2 Å². The monoisotopic (exact) mass is 368 g/mol. The minimum atomic E-state index is 0.489. The molecule has 144 valence electrons. The van der Waals surface area contributed by atoms with Crippen LogP contribution in [0.15, 0.2) is 42.5 Å². The molecule has 0 aliphatic carbocycles. The molecule has 0 aromatic heterocycles. The summed E-state index contributed by atoms with van der Waals surface area (Å²) in [5.74, 6) is 3.12. The minimum Gasteiger partial charge on any atom is -0.497 e. The summed E-state index contributed by atoms with van der Waals surface area (Å²) in [6.07, 6.45) is 0. The summed E-state index contributed by atoms with van der Waals surface area (Å²) in [7, 11) is 6.06. The molecule has 0 saturated carbocycles. The van der Waals surface area contributed by atoms with E-state index in [1.807, 2.05) is 6.07 Å². The van der Waals surface area contributed by atoms with E-state index in [-0.39, 0.29) is 0 Å². The molecule has 0 amide bonds. The van der Waals surface area contributed by atoms with Gasteiger partial charge in [0.25, 0.3) is 0 Å². The van der Waals surface area contributed by atoms with Crippen molar-refractivity contribution < 1.29 is 14.2 Å². The summed E-state index contributed by atoms with van der Waals surface area (Å²) in [6.45, 7) is 4.28. The molecule has 27 heavy (non-hydrogen) atoms. The second kappa shape index (κ2) is 7.79. The lowest BCUT2D eigenvalue weighted by Crippen LogP contribution is -2.34. The molecule has 0 spiro atoms. The van der Waals surface area contributed by atoms with Crippen LogP contribution in [0, 0.1) is 0 Å². The molecule has 1 saturated heterocycles. The van der Waals surface area contributed by atoms with E-state index < -0.39 is 0 Å². The predicted octanol–water partition coefficient (Wildman–Crippen LogP) is 3.00. The van der Waals surface area contributed by atoms with Crippen LogP contribution in [-0.4, -0.2) is 63.4 Å². The lowest BCUT2D eigenvalue weighted by molar-refractivity contribution is 0.171. The highest BCUT2D eigenvalue weighted by molar-refractivity contribution is 5.44. The van der Waals surface area contributed by atoms with Gasteiger partial charge in [-0.3, -0.25) is 4.90 Å². The maximum Gasteiger partial charge on any atom is 0.161 e. The average Bonchev–Trinajstić information content (AvgIpc) is 3.12. The highest BCUT2D eigenvalue weighted by atomic mass is 16.6. The van der Waals surface area contributed by atoms with Gasteiger partial charge >= 0.3 is 0 Å². The van der Waals surface area contributed by atoms with Crippen LogP contribution < -0.4 is 14.2 Å². The quantitative estimate of drug-likeness (QED) is 0.811. The number of likely N-dealkylation sites (tertiary alicyclic amines) is 1. The highest BCUT2D eigenvalue weighted by Gasteiger charge is 2.35. The zero-order chi connectivity index (χ0) is 18.8. The fourth-order valence-electron chi connectivity index (χ4n) is 4.14. The van der Waals surface area contributed by atoms with E-state index >= 15 is 0 Å². The van der Waals surface area contributed by atoms with Gasteiger partial charge in [-0.05, 0) is 49.5 Å². The summed E-state index contributed by atoms with van der Waals surface area (Å²) >= 11 is 0. The molecule has 0 bridgehead atoms. The van der Waals surface area contributed by atoms with E-state index in [4.69, 9.17) is 14.2 Å². The molecule has 2 aliphatic rings.